The minimum Gasteiger partial charge on any atom is -0.503 e. The molecule has 1 rings (SSSR count). The van der Waals surface area contributed by atoms with Gasteiger partial charge in [-0.05, 0) is 27.4 Å². The first-order valence-corrected chi connectivity index (χ1v) is 6.68. The number of nitrogens with zero attached hydrogens (tertiary/aromatic N) is 2. The third-order valence-corrected chi connectivity index (χ3v) is 3.21. The molecule has 0 saturated carbocycles. The Hall–Kier alpha value is -2.35. The maximum absolute atomic E-state index is 11.7. The minimum absolute atomic E-state index is 0.145. The molecular weight excluding hydrogens is 292 g/mol. The molecular formula is C14H20N2O6. The predicted molar refractivity (Wildman–Crippen MR) is 78.0 cm³/mol. The molecule has 22 heavy (non-hydrogen) atoms. The Morgan fingerprint density at radius 2 is 1.91 bits per heavy atom. The lowest BCUT2D eigenvalue weighted by molar-refractivity contribution is -0.142. The van der Waals surface area contributed by atoms with E-state index in [1.165, 1.54) is 4.57 Å². The van der Waals surface area contributed by atoms with Crippen LogP contribution in [-0.4, -0.2) is 50.8 Å². The van der Waals surface area contributed by atoms with Gasteiger partial charge < -0.3 is 24.8 Å². The highest BCUT2D eigenvalue weighted by Crippen LogP contribution is 2.24. The number of hydrogen-bond donors (Lipinski definition) is 3. The summed E-state index contributed by atoms with van der Waals surface area (Å²) < 4.78 is 1.32. The van der Waals surface area contributed by atoms with Crippen molar-refractivity contribution in [3.05, 3.63) is 27.7 Å². The molecule has 1 heterocycles. The summed E-state index contributed by atoms with van der Waals surface area (Å²) in [5.41, 5.74) is -0.0711. The Morgan fingerprint density at radius 1 is 1.32 bits per heavy atom. The molecule has 0 saturated heterocycles. The maximum atomic E-state index is 11.7. The van der Waals surface area contributed by atoms with Crippen LogP contribution in [0, 0.1) is 6.92 Å². The molecule has 0 amide bonds. The van der Waals surface area contributed by atoms with E-state index in [1.807, 2.05) is 0 Å². The van der Waals surface area contributed by atoms with Crippen molar-refractivity contribution in [3.63, 3.8) is 0 Å². The molecule has 1 aromatic heterocycles. The average Bonchev–Trinajstić information content (AvgIpc) is 2.37. The fourth-order valence-corrected chi connectivity index (χ4v) is 2.30. The van der Waals surface area contributed by atoms with E-state index in [2.05, 4.69) is 0 Å². The molecule has 0 fully saturated rings. The van der Waals surface area contributed by atoms with Crippen molar-refractivity contribution in [1.82, 2.24) is 9.47 Å². The second-order valence-electron chi connectivity index (χ2n) is 5.34. The Bertz CT molecular complexity index is 635. The molecule has 1 unspecified atom stereocenters. The van der Waals surface area contributed by atoms with Crippen LogP contribution in [-0.2, 0) is 16.1 Å². The summed E-state index contributed by atoms with van der Waals surface area (Å²) in [5, 5.41) is 28.2. The van der Waals surface area contributed by atoms with Crippen molar-refractivity contribution in [3.8, 4) is 5.75 Å². The highest BCUT2D eigenvalue weighted by atomic mass is 16.4. The zero-order valence-electron chi connectivity index (χ0n) is 12.7. The van der Waals surface area contributed by atoms with Crippen LogP contribution in [0.15, 0.2) is 10.9 Å². The highest BCUT2D eigenvalue weighted by molar-refractivity contribution is 5.74. The van der Waals surface area contributed by atoms with Gasteiger partial charge in [0, 0.05) is 24.7 Å². The molecule has 122 valence electrons. The van der Waals surface area contributed by atoms with Gasteiger partial charge in [-0.2, -0.15) is 0 Å². The first-order valence-electron chi connectivity index (χ1n) is 6.68. The monoisotopic (exact) mass is 312 g/mol. The van der Waals surface area contributed by atoms with Crippen LogP contribution in [0.3, 0.4) is 0 Å². The van der Waals surface area contributed by atoms with E-state index in [1.54, 1.807) is 25.9 Å². The van der Waals surface area contributed by atoms with Crippen LogP contribution < -0.4 is 5.43 Å². The molecule has 0 aliphatic heterocycles. The number of carbonyl (C=O) groups is 2. The molecule has 0 aliphatic carbocycles. The molecule has 8 heteroatoms. The highest BCUT2D eigenvalue weighted by Gasteiger charge is 2.26. The number of aryl methyl sites for hydroxylation is 1. The van der Waals surface area contributed by atoms with Gasteiger partial charge in [-0.1, -0.05) is 0 Å². The van der Waals surface area contributed by atoms with Gasteiger partial charge in [0.15, 0.2) is 5.75 Å². The quantitative estimate of drug-likeness (QED) is 0.667. The van der Waals surface area contributed by atoms with E-state index in [4.69, 9.17) is 5.11 Å². The molecule has 1 aromatic rings. The first-order chi connectivity index (χ1) is 10.1. The summed E-state index contributed by atoms with van der Waals surface area (Å²) in [7, 11) is 3.42. The Kier molecular flexibility index (Phi) is 5.69. The second-order valence-corrected chi connectivity index (χ2v) is 5.34. The first kappa shape index (κ1) is 17.7. The van der Waals surface area contributed by atoms with Gasteiger partial charge in [-0.3, -0.25) is 9.59 Å². The fraction of sp³-hybridized carbons (Fsp3) is 0.500. The van der Waals surface area contributed by atoms with Crippen LogP contribution in [0.25, 0.3) is 0 Å². The van der Waals surface area contributed by atoms with Crippen molar-refractivity contribution >= 4 is 11.9 Å². The number of aliphatic carboxylic acids is 2. The normalized spacial score (nSPS) is 12.4. The third kappa shape index (κ3) is 4.08. The van der Waals surface area contributed by atoms with Crippen molar-refractivity contribution in [2.75, 3.05) is 14.1 Å². The number of aromatic hydroxyl groups is 1. The maximum Gasteiger partial charge on any atom is 0.326 e. The van der Waals surface area contributed by atoms with E-state index in [0.29, 0.717) is 5.69 Å². The number of carboxylic acids is 2. The summed E-state index contributed by atoms with van der Waals surface area (Å²) in [6.45, 7) is 1.70. The summed E-state index contributed by atoms with van der Waals surface area (Å²) in [6, 6.07) is -0.0249. The van der Waals surface area contributed by atoms with Crippen LogP contribution in [0.5, 0.6) is 5.75 Å². The van der Waals surface area contributed by atoms with Gasteiger partial charge in [-0.25, -0.2) is 4.79 Å². The van der Waals surface area contributed by atoms with Gasteiger partial charge in [0.05, 0.1) is 5.69 Å². The number of carboxylic acid groups (broad SMARTS) is 2. The summed E-state index contributed by atoms with van der Waals surface area (Å²) in [5.74, 6) is -2.84. The predicted octanol–water partition coefficient (Wildman–Crippen LogP) is 0.414. The number of pyridine rings is 1. The van der Waals surface area contributed by atoms with Gasteiger partial charge in [-0.15, -0.1) is 0 Å². The molecule has 8 nitrogen and oxygen atoms in total. The Labute approximate surface area is 127 Å². The van der Waals surface area contributed by atoms with Crippen LogP contribution >= 0.6 is 0 Å². The fourth-order valence-electron chi connectivity index (χ4n) is 2.30. The Balaban J connectivity index is 3.46. The molecule has 0 bridgehead atoms. The lowest BCUT2D eigenvalue weighted by atomic mass is 10.1. The number of hydrogen-bond acceptors (Lipinski definition) is 5. The van der Waals surface area contributed by atoms with Gasteiger partial charge in [0.1, 0.15) is 6.04 Å². The summed E-state index contributed by atoms with van der Waals surface area (Å²) >= 11 is 0. The summed E-state index contributed by atoms with van der Waals surface area (Å²) in [6.07, 6.45) is -0.473. The lowest BCUT2D eigenvalue weighted by Crippen LogP contribution is -2.29. The summed E-state index contributed by atoms with van der Waals surface area (Å²) in [4.78, 5) is 35.6. The molecule has 0 aromatic carbocycles. The van der Waals surface area contributed by atoms with Crippen molar-refractivity contribution < 1.29 is 24.9 Å². The van der Waals surface area contributed by atoms with E-state index in [0.717, 1.165) is 6.07 Å². The molecule has 0 spiro atoms. The third-order valence-electron chi connectivity index (χ3n) is 3.21. The number of rotatable bonds is 7. The van der Waals surface area contributed by atoms with Gasteiger partial charge in [0.25, 0.3) is 0 Å². The minimum atomic E-state index is -1.22. The zero-order valence-corrected chi connectivity index (χ0v) is 12.7. The van der Waals surface area contributed by atoms with Crippen LogP contribution in [0.4, 0.5) is 0 Å². The van der Waals surface area contributed by atoms with E-state index in [-0.39, 0.29) is 25.1 Å². The van der Waals surface area contributed by atoms with E-state index in [9.17, 15) is 24.6 Å². The molecule has 1 atom stereocenters. The van der Waals surface area contributed by atoms with Crippen molar-refractivity contribution in [1.29, 1.82) is 0 Å². The Morgan fingerprint density at radius 3 is 2.36 bits per heavy atom. The van der Waals surface area contributed by atoms with Crippen molar-refractivity contribution in [2.45, 2.75) is 32.4 Å². The zero-order chi connectivity index (χ0) is 17.0. The van der Waals surface area contributed by atoms with E-state index >= 15 is 0 Å². The standard InChI is InChI=1S/C14H20N2O6/c1-8-6-11(17)13(20)10(7-15(2)3)16(8)9(14(21)22)4-5-12(18)19/h6,9,20H,4-5,7H2,1-3H3,(H,18,19)(H,21,22). The largest absolute Gasteiger partial charge is 0.503 e. The van der Waals surface area contributed by atoms with Crippen LogP contribution in [0.2, 0.25) is 0 Å². The van der Waals surface area contributed by atoms with Gasteiger partial charge >= 0.3 is 11.9 Å². The van der Waals surface area contributed by atoms with Crippen LogP contribution in [0.1, 0.15) is 30.3 Å². The number of aromatic nitrogens is 1. The molecule has 0 aliphatic rings. The van der Waals surface area contributed by atoms with Crippen molar-refractivity contribution in [2.24, 2.45) is 0 Å². The van der Waals surface area contributed by atoms with E-state index < -0.39 is 29.2 Å². The van der Waals surface area contributed by atoms with Gasteiger partial charge in [0.2, 0.25) is 5.43 Å². The topological polar surface area (TPSA) is 120 Å². The molecule has 3 N–H and O–H groups in total. The lowest BCUT2D eigenvalue weighted by Gasteiger charge is -2.25. The molecule has 0 radical (unpaired) electrons. The average molecular weight is 312 g/mol. The second kappa shape index (κ2) is 7.08. The SMILES string of the molecule is Cc1cc(=O)c(O)c(CN(C)C)n1C(CCC(=O)O)C(=O)O. The smallest absolute Gasteiger partial charge is 0.326 e.